The van der Waals surface area contributed by atoms with Gasteiger partial charge in [-0.15, -0.1) is 22.9 Å². The average molecular weight is 297 g/mol. The highest BCUT2D eigenvalue weighted by Crippen LogP contribution is 2.17. The number of amides is 1. The molecule has 1 heterocycles. The molecule has 19 heavy (non-hydrogen) atoms. The molecule has 1 N–H and O–H groups in total. The first-order valence-electron chi connectivity index (χ1n) is 5.67. The van der Waals surface area contributed by atoms with Gasteiger partial charge < -0.3 is 4.74 Å². The predicted octanol–water partition coefficient (Wildman–Crippen LogP) is 3.21. The van der Waals surface area contributed by atoms with Crippen LogP contribution < -0.4 is 10.1 Å². The van der Waals surface area contributed by atoms with E-state index < -0.39 is 0 Å². The van der Waals surface area contributed by atoms with Crippen LogP contribution in [0.3, 0.4) is 0 Å². The molecular formula is C13H13ClN2O2S. The SMILES string of the molecule is Cc1cccc(OCC(=O)Nc2nc(CCl)cs2)c1. The van der Waals surface area contributed by atoms with E-state index in [0.717, 1.165) is 11.3 Å². The van der Waals surface area contributed by atoms with Crippen LogP contribution in [0.25, 0.3) is 0 Å². The van der Waals surface area contributed by atoms with Crippen LogP contribution in [0, 0.1) is 6.92 Å². The second kappa shape index (κ2) is 6.54. The molecule has 2 rings (SSSR count). The fourth-order valence-electron chi connectivity index (χ4n) is 1.44. The zero-order valence-electron chi connectivity index (χ0n) is 10.4. The fraction of sp³-hybridized carbons (Fsp3) is 0.231. The van der Waals surface area contributed by atoms with E-state index in [1.165, 1.54) is 11.3 Å². The first kappa shape index (κ1) is 13.8. The highest BCUT2D eigenvalue weighted by molar-refractivity contribution is 7.13. The molecule has 2 aromatic rings. The van der Waals surface area contributed by atoms with Gasteiger partial charge in [0, 0.05) is 5.38 Å². The number of benzene rings is 1. The molecule has 0 unspecified atom stereocenters. The average Bonchev–Trinajstić information content (AvgIpc) is 2.84. The Hall–Kier alpha value is -1.59. The van der Waals surface area contributed by atoms with Crippen molar-refractivity contribution in [3.05, 3.63) is 40.9 Å². The molecule has 0 saturated heterocycles. The van der Waals surface area contributed by atoms with E-state index in [2.05, 4.69) is 10.3 Å². The van der Waals surface area contributed by atoms with Crippen molar-refractivity contribution in [1.29, 1.82) is 0 Å². The summed E-state index contributed by atoms with van der Waals surface area (Å²) in [5, 5.41) is 5.01. The molecule has 0 fully saturated rings. The van der Waals surface area contributed by atoms with Gasteiger partial charge in [0.25, 0.3) is 5.91 Å². The van der Waals surface area contributed by atoms with Gasteiger partial charge in [-0.2, -0.15) is 0 Å². The molecule has 0 radical (unpaired) electrons. The van der Waals surface area contributed by atoms with Crippen molar-refractivity contribution >= 4 is 34.0 Å². The van der Waals surface area contributed by atoms with E-state index in [4.69, 9.17) is 16.3 Å². The minimum atomic E-state index is -0.239. The number of halogens is 1. The van der Waals surface area contributed by atoms with E-state index in [9.17, 15) is 4.79 Å². The number of hydrogen-bond donors (Lipinski definition) is 1. The molecule has 0 aliphatic rings. The third-order valence-corrected chi connectivity index (χ3v) is 3.37. The molecule has 1 aromatic heterocycles. The van der Waals surface area contributed by atoms with Crippen molar-refractivity contribution < 1.29 is 9.53 Å². The van der Waals surface area contributed by atoms with E-state index in [1.807, 2.05) is 36.6 Å². The van der Waals surface area contributed by atoms with Gasteiger partial charge in [0.15, 0.2) is 11.7 Å². The van der Waals surface area contributed by atoms with E-state index in [0.29, 0.717) is 16.8 Å². The largest absolute Gasteiger partial charge is 0.484 e. The number of thiazole rings is 1. The number of aromatic nitrogens is 1. The van der Waals surface area contributed by atoms with E-state index in [1.54, 1.807) is 0 Å². The second-order valence-electron chi connectivity index (χ2n) is 3.93. The third kappa shape index (κ3) is 4.22. The topological polar surface area (TPSA) is 51.2 Å². The monoisotopic (exact) mass is 296 g/mol. The summed E-state index contributed by atoms with van der Waals surface area (Å²) in [7, 11) is 0. The number of carbonyl (C=O) groups is 1. The van der Waals surface area contributed by atoms with Gasteiger partial charge in [-0.3, -0.25) is 10.1 Å². The Bertz CT molecular complexity index is 571. The Morgan fingerprint density at radius 3 is 3.05 bits per heavy atom. The van der Waals surface area contributed by atoms with Crippen LogP contribution >= 0.6 is 22.9 Å². The highest BCUT2D eigenvalue weighted by Gasteiger charge is 2.07. The number of nitrogens with one attached hydrogen (secondary N) is 1. The second-order valence-corrected chi connectivity index (χ2v) is 5.06. The lowest BCUT2D eigenvalue weighted by Crippen LogP contribution is -2.20. The smallest absolute Gasteiger partial charge is 0.264 e. The summed E-state index contributed by atoms with van der Waals surface area (Å²) >= 11 is 6.98. The quantitative estimate of drug-likeness (QED) is 0.862. The molecule has 100 valence electrons. The number of alkyl halides is 1. The van der Waals surface area contributed by atoms with Gasteiger partial charge in [-0.1, -0.05) is 12.1 Å². The molecule has 4 nitrogen and oxygen atoms in total. The molecule has 0 saturated carbocycles. The number of anilines is 1. The highest BCUT2D eigenvalue weighted by atomic mass is 35.5. The van der Waals surface area contributed by atoms with Crippen LogP contribution in [0.1, 0.15) is 11.3 Å². The summed E-state index contributed by atoms with van der Waals surface area (Å²) in [6.07, 6.45) is 0. The van der Waals surface area contributed by atoms with Crippen molar-refractivity contribution in [1.82, 2.24) is 4.98 Å². The van der Waals surface area contributed by atoms with Crippen LogP contribution in [0.4, 0.5) is 5.13 Å². The number of aryl methyl sites for hydroxylation is 1. The lowest BCUT2D eigenvalue weighted by Gasteiger charge is -2.06. The third-order valence-electron chi connectivity index (χ3n) is 2.29. The number of carbonyl (C=O) groups excluding carboxylic acids is 1. The summed E-state index contributed by atoms with van der Waals surface area (Å²) in [6.45, 7) is 1.93. The van der Waals surface area contributed by atoms with Crippen LogP contribution in [0.2, 0.25) is 0 Å². The Morgan fingerprint density at radius 2 is 2.37 bits per heavy atom. The zero-order valence-corrected chi connectivity index (χ0v) is 11.9. The fourth-order valence-corrected chi connectivity index (χ4v) is 2.39. The Kier molecular flexibility index (Phi) is 4.76. The van der Waals surface area contributed by atoms with Gasteiger partial charge in [0.2, 0.25) is 0 Å². The van der Waals surface area contributed by atoms with E-state index >= 15 is 0 Å². The summed E-state index contributed by atoms with van der Waals surface area (Å²) in [5.41, 5.74) is 1.84. The minimum absolute atomic E-state index is 0.0424. The first-order chi connectivity index (χ1) is 9.17. The molecule has 0 atom stereocenters. The number of ether oxygens (including phenoxy) is 1. The summed E-state index contributed by atoms with van der Waals surface area (Å²) < 4.78 is 5.39. The van der Waals surface area contributed by atoms with Gasteiger partial charge in [0.1, 0.15) is 5.75 Å². The summed E-state index contributed by atoms with van der Waals surface area (Å²) in [4.78, 5) is 15.8. The molecule has 0 spiro atoms. The standard InChI is InChI=1S/C13H13ClN2O2S/c1-9-3-2-4-11(5-9)18-7-12(17)16-13-15-10(6-14)8-19-13/h2-5,8H,6-7H2,1H3,(H,15,16,17). The van der Waals surface area contributed by atoms with Crippen molar-refractivity contribution in [3.8, 4) is 5.75 Å². The Morgan fingerprint density at radius 1 is 1.53 bits per heavy atom. The Balaban J connectivity index is 1.84. The molecular weight excluding hydrogens is 284 g/mol. The summed E-state index contributed by atoms with van der Waals surface area (Å²) in [5.74, 6) is 0.777. The molecule has 6 heteroatoms. The van der Waals surface area contributed by atoms with Crippen LogP contribution in [-0.4, -0.2) is 17.5 Å². The molecule has 1 amide bonds. The van der Waals surface area contributed by atoms with Crippen molar-refractivity contribution in [2.45, 2.75) is 12.8 Å². The van der Waals surface area contributed by atoms with Crippen molar-refractivity contribution in [2.75, 3.05) is 11.9 Å². The van der Waals surface area contributed by atoms with Crippen molar-refractivity contribution in [2.24, 2.45) is 0 Å². The van der Waals surface area contributed by atoms with Gasteiger partial charge in [-0.05, 0) is 24.6 Å². The maximum absolute atomic E-state index is 11.7. The van der Waals surface area contributed by atoms with Crippen molar-refractivity contribution in [3.63, 3.8) is 0 Å². The first-order valence-corrected chi connectivity index (χ1v) is 7.08. The molecule has 1 aromatic carbocycles. The predicted molar refractivity (Wildman–Crippen MR) is 77.0 cm³/mol. The van der Waals surface area contributed by atoms with Gasteiger partial charge >= 0.3 is 0 Å². The number of nitrogens with zero attached hydrogens (tertiary/aromatic N) is 1. The maximum atomic E-state index is 11.7. The summed E-state index contributed by atoms with van der Waals surface area (Å²) in [6, 6.07) is 7.55. The number of hydrogen-bond acceptors (Lipinski definition) is 4. The Labute approximate surface area is 120 Å². The zero-order chi connectivity index (χ0) is 13.7. The lowest BCUT2D eigenvalue weighted by atomic mass is 10.2. The lowest BCUT2D eigenvalue weighted by molar-refractivity contribution is -0.118. The van der Waals surface area contributed by atoms with Gasteiger partial charge in [-0.25, -0.2) is 4.98 Å². The molecule has 0 aliphatic carbocycles. The maximum Gasteiger partial charge on any atom is 0.264 e. The molecule has 0 aliphatic heterocycles. The van der Waals surface area contributed by atoms with Crippen LogP contribution in [0.5, 0.6) is 5.75 Å². The molecule has 0 bridgehead atoms. The normalized spacial score (nSPS) is 10.2. The number of rotatable bonds is 5. The van der Waals surface area contributed by atoms with Crippen LogP contribution in [-0.2, 0) is 10.7 Å². The van der Waals surface area contributed by atoms with Crippen LogP contribution in [0.15, 0.2) is 29.6 Å². The van der Waals surface area contributed by atoms with E-state index in [-0.39, 0.29) is 12.5 Å². The van der Waals surface area contributed by atoms with Gasteiger partial charge in [0.05, 0.1) is 11.6 Å². The minimum Gasteiger partial charge on any atom is -0.484 e.